The Morgan fingerprint density at radius 1 is 1.47 bits per heavy atom. The SMILES string of the molecule is Cc1nc(S(=O)(=O)Nc2cc(Br)cnc2Cl)cn1C. The minimum absolute atomic E-state index is 0.0662. The summed E-state index contributed by atoms with van der Waals surface area (Å²) in [7, 11) is -2.06. The number of aromatic nitrogens is 3. The van der Waals surface area contributed by atoms with E-state index in [1.807, 2.05) is 0 Å². The first-order valence-electron chi connectivity index (χ1n) is 5.13. The number of sulfonamides is 1. The number of hydrogen-bond donors (Lipinski definition) is 1. The van der Waals surface area contributed by atoms with E-state index in [1.165, 1.54) is 18.5 Å². The second-order valence-corrected chi connectivity index (χ2v) is 6.74. The number of pyridine rings is 1. The molecule has 2 aromatic rings. The molecule has 0 saturated carbocycles. The van der Waals surface area contributed by atoms with Crippen LogP contribution in [0.15, 0.2) is 28.0 Å². The van der Waals surface area contributed by atoms with Crippen molar-refractivity contribution in [2.75, 3.05) is 4.72 Å². The van der Waals surface area contributed by atoms with Gasteiger partial charge in [-0.3, -0.25) is 4.72 Å². The predicted octanol–water partition coefficient (Wildman–Crippen LogP) is 2.34. The fraction of sp³-hybridized carbons (Fsp3) is 0.200. The average Bonchev–Trinajstić information content (AvgIpc) is 2.65. The monoisotopic (exact) mass is 364 g/mol. The van der Waals surface area contributed by atoms with Crippen molar-refractivity contribution in [1.82, 2.24) is 14.5 Å². The van der Waals surface area contributed by atoms with Crippen LogP contribution < -0.4 is 4.72 Å². The summed E-state index contributed by atoms with van der Waals surface area (Å²) in [5.41, 5.74) is 0.194. The molecule has 2 heterocycles. The quantitative estimate of drug-likeness (QED) is 0.847. The molecule has 0 aliphatic heterocycles. The second kappa shape index (κ2) is 5.10. The molecule has 9 heteroatoms. The third-order valence-corrected chi connectivity index (χ3v) is 4.38. The van der Waals surface area contributed by atoms with Crippen LogP contribution in [-0.2, 0) is 17.1 Å². The average molecular weight is 366 g/mol. The van der Waals surface area contributed by atoms with E-state index in [-0.39, 0.29) is 15.9 Å². The zero-order valence-corrected chi connectivity index (χ0v) is 13.2. The highest BCUT2D eigenvalue weighted by Gasteiger charge is 2.20. The van der Waals surface area contributed by atoms with Gasteiger partial charge in [0.25, 0.3) is 10.0 Å². The lowest BCUT2D eigenvalue weighted by molar-refractivity contribution is 0.598. The van der Waals surface area contributed by atoms with E-state index in [9.17, 15) is 8.42 Å². The van der Waals surface area contributed by atoms with Crippen molar-refractivity contribution in [2.24, 2.45) is 7.05 Å². The number of anilines is 1. The van der Waals surface area contributed by atoms with Gasteiger partial charge in [-0.05, 0) is 28.9 Å². The van der Waals surface area contributed by atoms with Gasteiger partial charge in [0, 0.05) is 23.9 Å². The lowest BCUT2D eigenvalue weighted by Gasteiger charge is -2.07. The molecular formula is C10H10BrClN4O2S. The number of aryl methyl sites for hydroxylation is 2. The Bertz CT molecular complexity index is 710. The first kappa shape index (κ1) is 14.3. The first-order valence-corrected chi connectivity index (χ1v) is 7.79. The predicted molar refractivity (Wildman–Crippen MR) is 75.7 cm³/mol. The molecule has 0 bridgehead atoms. The van der Waals surface area contributed by atoms with Crippen LogP contribution in [0.25, 0.3) is 0 Å². The molecule has 0 saturated heterocycles. The Morgan fingerprint density at radius 3 is 2.74 bits per heavy atom. The molecule has 0 fully saturated rings. The third kappa shape index (κ3) is 3.07. The van der Waals surface area contributed by atoms with Crippen LogP contribution in [0.4, 0.5) is 5.69 Å². The minimum atomic E-state index is -3.78. The number of imidazole rings is 1. The fourth-order valence-electron chi connectivity index (χ4n) is 1.35. The van der Waals surface area contributed by atoms with E-state index in [0.29, 0.717) is 10.3 Å². The van der Waals surface area contributed by atoms with Crippen molar-refractivity contribution in [2.45, 2.75) is 11.9 Å². The van der Waals surface area contributed by atoms with E-state index >= 15 is 0 Å². The fourth-order valence-corrected chi connectivity index (χ4v) is 2.98. The molecule has 2 aromatic heterocycles. The van der Waals surface area contributed by atoms with Gasteiger partial charge in [0.15, 0.2) is 10.2 Å². The molecule has 102 valence electrons. The van der Waals surface area contributed by atoms with Crippen molar-refractivity contribution in [3.63, 3.8) is 0 Å². The van der Waals surface area contributed by atoms with Gasteiger partial charge < -0.3 is 4.57 Å². The molecule has 2 rings (SSSR count). The van der Waals surface area contributed by atoms with E-state index in [4.69, 9.17) is 11.6 Å². The molecule has 6 nitrogen and oxygen atoms in total. The molecule has 1 N–H and O–H groups in total. The summed E-state index contributed by atoms with van der Waals surface area (Å²) in [6, 6.07) is 1.53. The van der Waals surface area contributed by atoms with Crippen LogP contribution in [0.5, 0.6) is 0 Å². The van der Waals surface area contributed by atoms with Gasteiger partial charge in [-0.25, -0.2) is 9.97 Å². The van der Waals surface area contributed by atoms with Crippen molar-refractivity contribution in [3.8, 4) is 0 Å². The summed E-state index contributed by atoms with van der Waals surface area (Å²) in [6.45, 7) is 1.71. The summed E-state index contributed by atoms with van der Waals surface area (Å²) >= 11 is 9.04. The molecule has 0 spiro atoms. The van der Waals surface area contributed by atoms with Gasteiger partial charge in [-0.1, -0.05) is 11.6 Å². The zero-order chi connectivity index (χ0) is 14.2. The van der Waals surface area contributed by atoms with Crippen molar-refractivity contribution in [1.29, 1.82) is 0 Å². The number of hydrogen-bond acceptors (Lipinski definition) is 4. The van der Waals surface area contributed by atoms with Gasteiger partial charge in [0.1, 0.15) is 5.82 Å². The standard InChI is InChI=1S/C10H10BrClN4O2S/c1-6-14-9(5-16(6)2)19(17,18)15-8-3-7(11)4-13-10(8)12/h3-5,15H,1-2H3. The van der Waals surface area contributed by atoms with Gasteiger partial charge >= 0.3 is 0 Å². The first-order chi connectivity index (χ1) is 8.79. The lowest BCUT2D eigenvalue weighted by Crippen LogP contribution is -2.14. The Kier molecular flexibility index (Phi) is 3.84. The van der Waals surface area contributed by atoms with Gasteiger partial charge in [0.05, 0.1) is 5.69 Å². The van der Waals surface area contributed by atoms with Crippen molar-refractivity contribution in [3.05, 3.63) is 33.9 Å². The van der Waals surface area contributed by atoms with Crippen LogP contribution in [0, 0.1) is 6.92 Å². The molecule has 0 atom stereocenters. The van der Waals surface area contributed by atoms with E-state index in [2.05, 4.69) is 30.6 Å². The normalized spacial score (nSPS) is 11.6. The molecule has 0 aromatic carbocycles. The van der Waals surface area contributed by atoms with E-state index in [0.717, 1.165) is 0 Å². The maximum Gasteiger partial charge on any atom is 0.281 e. The van der Waals surface area contributed by atoms with E-state index < -0.39 is 10.0 Å². The highest BCUT2D eigenvalue weighted by molar-refractivity contribution is 9.10. The Balaban J connectivity index is 2.39. The van der Waals surface area contributed by atoms with Gasteiger partial charge in [-0.15, -0.1) is 0 Å². The molecule has 0 aliphatic carbocycles. The smallest absolute Gasteiger partial charge is 0.281 e. The number of nitrogens with zero attached hydrogens (tertiary/aromatic N) is 3. The highest BCUT2D eigenvalue weighted by Crippen LogP contribution is 2.25. The van der Waals surface area contributed by atoms with Crippen LogP contribution in [0.3, 0.4) is 0 Å². The molecule has 0 radical (unpaired) electrons. The van der Waals surface area contributed by atoms with Crippen molar-refractivity contribution < 1.29 is 8.42 Å². The third-order valence-electron chi connectivity index (χ3n) is 2.41. The number of nitrogens with one attached hydrogen (secondary N) is 1. The summed E-state index contributed by atoms with van der Waals surface area (Å²) in [5.74, 6) is 0.596. The van der Waals surface area contributed by atoms with E-state index in [1.54, 1.807) is 18.5 Å². The van der Waals surface area contributed by atoms with Crippen LogP contribution >= 0.6 is 27.5 Å². The summed E-state index contributed by atoms with van der Waals surface area (Å²) in [6.07, 6.45) is 2.90. The Morgan fingerprint density at radius 2 is 2.16 bits per heavy atom. The molecular weight excluding hydrogens is 356 g/mol. The molecule has 0 unspecified atom stereocenters. The van der Waals surface area contributed by atoms with Gasteiger partial charge in [0.2, 0.25) is 0 Å². The number of rotatable bonds is 3. The largest absolute Gasteiger partial charge is 0.337 e. The molecule has 19 heavy (non-hydrogen) atoms. The van der Waals surface area contributed by atoms with Crippen LogP contribution in [-0.4, -0.2) is 23.0 Å². The van der Waals surface area contributed by atoms with Crippen molar-refractivity contribution >= 4 is 43.2 Å². The Labute approximate surface area is 124 Å². The summed E-state index contributed by atoms with van der Waals surface area (Å²) < 4.78 is 28.9. The second-order valence-electron chi connectivity index (χ2n) is 3.83. The van der Waals surface area contributed by atoms with Gasteiger partial charge in [-0.2, -0.15) is 8.42 Å². The maximum absolute atomic E-state index is 12.1. The molecule has 0 aliphatic rings. The lowest BCUT2D eigenvalue weighted by atomic mass is 10.4. The number of halogens is 2. The minimum Gasteiger partial charge on any atom is -0.337 e. The topological polar surface area (TPSA) is 76.9 Å². The maximum atomic E-state index is 12.1. The summed E-state index contributed by atoms with van der Waals surface area (Å²) in [4.78, 5) is 7.81. The van der Waals surface area contributed by atoms with Crippen LogP contribution in [0.2, 0.25) is 5.15 Å². The summed E-state index contributed by atoms with van der Waals surface area (Å²) in [5, 5.41) is 0.00275. The Hall–Kier alpha value is -1.12. The van der Waals surface area contributed by atoms with Crippen LogP contribution in [0.1, 0.15) is 5.82 Å². The zero-order valence-electron chi connectivity index (χ0n) is 10.1. The molecule has 0 amide bonds. The highest BCUT2D eigenvalue weighted by atomic mass is 79.9.